The summed E-state index contributed by atoms with van der Waals surface area (Å²) in [5, 5.41) is 13.6. The molecule has 1 aliphatic heterocycles. The van der Waals surface area contributed by atoms with E-state index in [4.69, 9.17) is 0 Å². The SMILES string of the molecule is Cc1ncsc1CC1(O)CCNCC1. The van der Waals surface area contributed by atoms with Crippen molar-refractivity contribution >= 4 is 11.3 Å². The summed E-state index contributed by atoms with van der Waals surface area (Å²) in [5.74, 6) is 0. The van der Waals surface area contributed by atoms with Gasteiger partial charge in [-0.05, 0) is 32.9 Å². The normalized spacial score (nSPS) is 21.0. The molecule has 2 rings (SSSR count). The van der Waals surface area contributed by atoms with Crippen LogP contribution >= 0.6 is 11.3 Å². The first-order valence-corrected chi connectivity index (χ1v) is 5.90. The zero-order valence-electron chi connectivity index (χ0n) is 8.42. The third-order valence-electron chi connectivity index (χ3n) is 2.87. The fraction of sp³-hybridized carbons (Fsp3) is 0.700. The van der Waals surface area contributed by atoms with E-state index in [9.17, 15) is 5.11 Å². The molecule has 1 aromatic heterocycles. The predicted octanol–water partition coefficient (Wildman–Crippen LogP) is 1.11. The lowest BCUT2D eigenvalue weighted by Crippen LogP contribution is -2.43. The number of aryl methyl sites for hydroxylation is 1. The molecule has 4 heteroatoms. The largest absolute Gasteiger partial charge is 0.389 e. The Labute approximate surface area is 88.2 Å². The number of hydrogen-bond acceptors (Lipinski definition) is 4. The van der Waals surface area contributed by atoms with E-state index >= 15 is 0 Å². The molecule has 0 atom stereocenters. The molecule has 2 N–H and O–H groups in total. The first-order chi connectivity index (χ1) is 6.70. The van der Waals surface area contributed by atoms with E-state index in [1.54, 1.807) is 11.3 Å². The summed E-state index contributed by atoms with van der Waals surface area (Å²) in [5.41, 5.74) is 2.43. The Morgan fingerprint density at radius 3 is 2.86 bits per heavy atom. The molecule has 1 aromatic rings. The molecule has 14 heavy (non-hydrogen) atoms. The highest BCUT2D eigenvalue weighted by Gasteiger charge is 2.30. The van der Waals surface area contributed by atoms with Crippen molar-refractivity contribution in [2.24, 2.45) is 0 Å². The maximum Gasteiger partial charge on any atom is 0.0797 e. The van der Waals surface area contributed by atoms with Crippen molar-refractivity contribution < 1.29 is 5.11 Å². The van der Waals surface area contributed by atoms with Crippen LogP contribution in [0.3, 0.4) is 0 Å². The van der Waals surface area contributed by atoms with Crippen LogP contribution in [0.2, 0.25) is 0 Å². The van der Waals surface area contributed by atoms with Crippen molar-refractivity contribution in [2.75, 3.05) is 13.1 Å². The van der Waals surface area contributed by atoms with Gasteiger partial charge in [0.1, 0.15) is 0 Å². The van der Waals surface area contributed by atoms with Gasteiger partial charge in [-0.25, -0.2) is 4.98 Å². The number of aliphatic hydroxyl groups is 1. The summed E-state index contributed by atoms with van der Waals surface area (Å²) in [6.07, 6.45) is 2.47. The van der Waals surface area contributed by atoms with Crippen molar-refractivity contribution in [3.63, 3.8) is 0 Å². The predicted molar refractivity (Wildman–Crippen MR) is 57.6 cm³/mol. The van der Waals surface area contributed by atoms with Crippen molar-refractivity contribution in [3.05, 3.63) is 16.1 Å². The molecule has 0 aliphatic carbocycles. The minimum atomic E-state index is -0.497. The topological polar surface area (TPSA) is 45.2 Å². The molecule has 0 saturated carbocycles. The van der Waals surface area contributed by atoms with E-state index in [1.165, 1.54) is 4.88 Å². The van der Waals surface area contributed by atoms with Crippen LogP contribution in [-0.2, 0) is 6.42 Å². The summed E-state index contributed by atoms with van der Waals surface area (Å²) in [4.78, 5) is 5.44. The lowest BCUT2D eigenvalue weighted by atomic mass is 9.88. The summed E-state index contributed by atoms with van der Waals surface area (Å²) in [6.45, 7) is 3.86. The summed E-state index contributed by atoms with van der Waals surface area (Å²) in [7, 11) is 0. The summed E-state index contributed by atoms with van der Waals surface area (Å²) >= 11 is 1.65. The van der Waals surface area contributed by atoms with Crippen LogP contribution in [-0.4, -0.2) is 28.8 Å². The first-order valence-electron chi connectivity index (χ1n) is 5.02. The Bertz CT molecular complexity index is 305. The van der Waals surface area contributed by atoms with Gasteiger partial charge >= 0.3 is 0 Å². The Balaban J connectivity index is 2.05. The van der Waals surface area contributed by atoms with Gasteiger partial charge in [-0.1, -0.05) is 0 Å². The molecule has 78 valence electrons. The number of hydrogen-bond donors (Lipinski definition) is 2. The Hall–Kier alpha value is -0.450. The molecular weight excluding hydrogens is 196 g/mol. The molecular formula is C10H16N2OS. The highest BCUT2D eigenvalue weighted by Crippen LogP contribution is 2.26. The van der Waals surface area contributed by atoms with E-state index in [-0.39, 0.29) is 0 Å². The lowest BCUT2D eigenvalue weighted by Gasteiger charge is -2.32. The van der Waals surface area contributed by atoms with E-state index in [0.29, 0.717) is 0 Å². The Morgan fingerprint density at radius 2 is 2.29 bits per heavy atom. The van der Waals surface area contributed by atoms with E-state index in [1.807, 2.05) is 12.4 Å². The van der Waals surface area contributed by atoms with Crippen LogP contribution in [0.5, 0.6) is 0 Å². The van der Waals surface area contributed by atoms with Gasteiger partial charge in [0, 0.05) is 11.3 Å². The molecule has 0 aromatic carbocycles. The highest BCUT2D eigenvalue weighted by atomic mass is 32.1. The van der Waals surface area contributed by atoms with Crippen molar-refractivity contribution in [1.29, 1.82) is 0 Å². The second-order valence-electron chi connectivity index (χ2n) is 4.01. The fourth-order valence-electron chi connectivity index (χ4n) is 1.86. The van der Waals surface area contributed by atoms with E-state index in [0.717, 1.165) is 38.0 Å². The van der Waals surface area contributed by atoms with Crippen LogP contribution in [0.4, 0.5) is 0 Å². The number of rotatable bonds is 2. The molecule has 0 unspecified atom stereocenters. The second-order valence-corrected chi connectivity index (χ2v) is 4.95. The maximum absolute atomic E-state index is 10.3. The van der Waals surface area contributed by atoms with Crippen molar-refractivity contribution in [2.45, 2.75) is 31.8 Å². The molecule has 0 spiro atoms. The van der Waals surface area contributed by atoms with Crippen LogP contribution < -0.4 is 5.32 Å². The van der Waals surface area contributed by atoms with Crippen LogP contribution in [0, 0.1) is 6.92 Å². The average molecular weight is 212 g/mol. The standard InChI is InChI=1S/C10H16N2OS/c1-8-9(14-7-12-8)6-10(13)2-4-11-5-3-10/h7,11,13H,2-6H2,1H3. The number of thiazole rings is 1. The monoisotopic (exact) mass is 212 g/mol. The van der Waals surface area contributed by atoms with Gasteiger partial charge in [0.15, 0.2) is 0 Å². The molecule has 1 aliphatic rings. The van der Waals surface area contributed by atoms with Gasteiger partial charge in [0.25, 0.3) is 0 Å². The van der Waals surface area contributed by atoms with Gasteiger partial charge in [-0.15, -0.1) is 11.3 Å². The quantitative estimate of drug-likeness (QED) is 0.772. The molecule has 0 amide bonds. The summed E-state index contributed by atoms with van der Waals surface area (Å²) in [6, 6.07) is 0. The third kappa shape index (κ3) is 2.13. The highest BCUT2D eigenvalue weighted by molar-refractivity contribution is 7.09. The molecule has 0 radical (unpaired) electrons. The van der Waals surface area contributed by atoms with Gasteiger partial charge in [-0.2, -0.15) is 0 Å². The number of aromatic nitrogens is 1. The lowest BCUT2D eigenvalue weighted by molar-refractivity contribution is 0.0114. The fourth-order valence-corrected chi connectivity index (χ4v) is 2.78. The Kier molecular flexibility index (Phi) is 2.85. The van der Waals surface area contributed by atoms with Gasteiger partial charge in [0.2, 0.25) is 0 Å². The van der Waals surface area contributed by atoms with E-state index < -0.39 is 5.60 Å². The zero-order valence-corrected chi connectivity index (χ0v) is 9.23. The molecule has 1 saturated heterocycles. The van der Waals surface area contributed by atoms with Crippen molar-refractivity contribution in [3.8, 4) is 0 Å². The van der Waals surface area contributed by atoms with Crippen LogP contribution in [0.1, 0.15) is 23.4 Å². The molecule has 1 fully saturated rings. The van der Waals surface area contributed by atoms with Gasteiger partial charge in [-0.3, -0.25) is 0 Å². The third-order valence-corrected chi connectivity index (χ3v) is 3.80. The minimum Gasteiger partial charge on any atom is -0.389 e. The number of nitrogens with zero attached hydrogens (tertiary/aromatic N) is 1. The van der Waals surface area contributed by atoms with Gasteiger partial charge in [0.05, 0.1) is 16.8 Å². The van der Waals surface area contributed by atoms with Crippen LogP contribution in [0.15, 0.2) is 5.51 Å². The second kappa shape index (κ2) is 3.96. The minimum absolute atomic E-state index is 0.497. The van der Waals surface area contributed by atoms with Gasteiger partial charge < -0.3 is 10.4 Å². The number of piperidine rings is 1. The Morgan fingerprint density at radius 1 is 1.57 bits per heavy atom. The zero-order chi connectivity index (χ0) is 10.0. The van der Waals surface area contributed by atoms with Crippen LogP contribution in [0.25, 0.3) is 0 Å². The molecule has 3 nitrogen and oxygen atoms in total. The first kappa shape index (κ1) is 10.1. The average Bonchev–Trinajstić information content (AvgIpc) is 2.52. The van der Waals surface area contributed by atoms with Crippen molar-refractivity contribution in [1.82, 2.24) is 10.3 Å². The number of nitrogens with one attached hydrogen (secondary N) is 1. The summed E-state index contributed by atoms with van der Waals surface area (Å²) < 4.78 is 0. The van der Waals surface area contributed by atoms with E-state index in [2.05, 4.69) is 10.3 Å². The maximum atomic E-state index is 10.3. The smallest absolute Gasteiger partial charge is 0.0797 e. The molecule has 2 heterocycles. The molecule has 0 bridgehead atoms.